The molecule has 0 aliphatic rings. The molecule has 0 bridgehead atoms. The lowest BCUT2D eigenvalue weighted by Gasteiger charge is -2.03. The zero-order valence-corrected chi connectivity index (χ0v) is 17.4. The number of rotatable bonds is 21. The molecule has 0 heterocycles. The number of aliphatic carboxylic acids is 1. The fraction of sp³-hybridized carbons (Fsp3) is 0.913. The molecule has 3 heteroatoms. The van der Waals surface area contributed by atoms with Crippen molar-refractivity contribution < 1.29 is 14.7 Å². The Kier molecular flexibility index (Phi) is 19.8. The Morgan fingerprint density at radius 1 is 0.500 bits per heavy atom. The molecule has 0 rings (SSSR count). The molecule has 0 saturated carbocycles. The van der Waals surface area contributed by atoms with Gasteiger partial charge in [0.1, 0.15) is 5.78 Å². The van der Waals surface area contributed by atoms with Crippen LogP contribution < -0.4 is 0 Å². The lowest BCUT2D eigenvalue weighted by molar-refractivity contribution is -0.137. The van der Waals surface area contributed by atoms with E-state index in [9.17, 15) is 9.59 Å². The lowest BCUT2D eigenvalue weighted by atomic mass is 10.0. The highest BCUT2D eigenvalue weighted by Gasteiger charge is 2.01. The van der Waals surface area contributed by atoms with Crippen LogP contribution in [0.4, 0.5) is 0 Å². The molecular formula is C23H44O3. The molecular weight excluding hydrogens is 324 g/mol. The summed E-state index contributed by atoms with van der Waals surface area (Å²) in [7, 11) is 0. The number of Topliss-reactive ketones (excluding diaryl/α,β-unsaturated/α-hetero) is 1. The molecule has 0 aliphatic carbocycles. The van der Waals surface area contributed by atoms with Crippen LogP contribution in [0, 0.1) is 0 Å². The summed E-state index contributed by atoms with van der Waals surface area (Å²) < 4.78 is 0. The number of carbonyl (C=O) groups excluding carboxylic acids is 1. The minimum Gasteiger partial charge on any atom is -0.481 e. The first-order valence-corrected chi connectivity index (χ1v) is 11.4. The smallest absolute Gasteiger partial charge is 0.303 e. The third-order valence-electron chi connectivity index (χ3n) is 5.16. The van der Waals surface area contributed by atoms with Gasteiger partial charge in [-0.15, -0.1) is 0 Å². The number of hydrogen-bond acceptors (Lipinski definition) is 2. The number of hydrogen-bond donors (Lipinski definition) is 1. The largest absolute Gasteiger partial charge is 0.481 e. The molecule has 0 aromatic carbocycles. The Hall–Kier alpha value is -0.860. The summed E-state index contributed by atoms with van der Waals surface area (Å²) in [6.07, 6.45) is 22.6. The molecule has 1 N–H and O–H groups in total. The minimum absolute atomic E-state index is 0.327. The molecule has 0 atom stereocenters. The van der Waals surface area contributed by atoms with E-state index >= 15 is 0 Å². The maximum Gasteiger partial charge on any atom is 0.303 e. The molecule has 0 fully saturated rings. The van der Waals surface area contributed by atoms with Gasteiger partial charge in [-0.3, -0.25) is 9.59 Å². The summed E-state index contributed by atoms with van der Waals surface area (Å²) in [5.74, 6) is -0.192. The quantitative estimate of drug-likeness (QED) is 0.214. The van der Waals surface area contributed by atoms with Gasteiger partial charge in [0.05, 0.1) is 0 Å². The standard InChI is InChI=1S/C23H44O3/c1-2-3-4-16-19-22(24)20-17-14-12-10-8-6-5-7-9-11-13-15-18-21-23(25)26/h2-21H2,1H3,(H,25,26). The van der Waals surface area contributed by atoms with Crippen LogP contribution in [0.25, 0.3) is 0 Å². The van der Waals surface area contributed by atoms with Crippen LogP contribution in [0.3, 0.4) is 0 Å². The van der Waals surface area contributed by atoms with Crippen LogP contribution in [-0.2, 0) is 9.59 Å². The molecule has 0 aliphatic heterocycles. The molecule has 0 saturated heterocycles. The van der Waals surface area contributed by atoms with Gasteiger partial charge in [-0.1, -0.05) is 96.8 Å². The Balaban J connectivity index is 3.11. The molecule has 0 amide bonds. The predicted octanol–water partition coefficient (Wildman–Crippen LogP) is 7.46. The van der Waals surface area contributed by atoms with Crippen molar-refractivity contribution in [2.45, 2.75) is 135 Å². The second kappa shape index (κ2) is 20.5. The van der Waals surface area contributed by atoms with Gasteiger partial charge in [-0.25, -0.2) is 0 Å². The number of carbonyl (C=O) groups is 2. The molecule has 3 nitrogen and oxygen atoms in total. The van der Waals surface area contributed by atoms with Crippen molar-refractivity contribution in [1.29, 1.82) is 0 Å². The lowest BCUT2D eigenvalue weighted by Crippen LogP contribution is -1.97. The Bertz CT molecular complexity index is 325. The van der Waals surface area contributed by atoms with E-state index in [2.05, 4.69) is 6.92 Å². The predicted molar refractivity (Wildman–Crippen MR) is 111 cm³/mol. The van der Waals surface area contributed by atoms with Crippen molar-refractivity contribution >= 4 is 11.8 Å². The first-order valence-electron chi connectivity index (χ1n) is 11.4. The highest BCUT2D eigenvalue weighted by molar-refractivity contribution is 5.78. The highest BCUT2D eigenvalue weighted by Crippen LogP contribution is 2.14. The van der Waals surface area contributed by atoms with Crippen molar-refractivity contribution in [2.75, 3.05) is 0 Å². The summed E-state index contributed by atoms with van der Waals surface area (Å²) in [4.78, 5) is 22.1. The molecule has 0 radical (unpaired) electrons. The van der Waals surface area contributed by atoms with E-state index in [0.29, 0.717) is 12.2 Å². The first kappa shape index (κ1) is 25.1. The van der Waals surface area contributed by atoms with Gasteiger partial charge in [0.15, 0.2) is 0 Å². The topological polar surface area (TPSA) is 54.4 Å². The van der Waals surface area contributed by atoms with Gasteiger partial charge in [0.2, 0.25) is 0 Å². The molecule has 0 aromatic heterocycles. The third kappa shape index (κ3) is 21.2. The van der Waals surface area contributed by atoms with E-state index in [0.717, 1.165) is 38.5 Å². The fourth-order valence-corrected chi connectivity index (χ4v) is 3.42. The van der Waals surface area contributed by atoms with Gasteiger partial charge < -0.3 is 5.11 Å². The molecule has 0 aromatic rings. The van der Waals surface area contributed by atoms with Crippen molar-refractivity contribution in [3.05, 3.63) is 0 Å². The molecule has 0 unspecified atom stereocenters. The summed E-state index contributed by atoms with van der Waals surface area (Å²) in [6, 6.07) is 0. The average Bonchev–Trinajstić information content (AvgIpc) is 2.61. The van der Waals surface area contributed by atoms with E-state index in [1.54, 1.807) is 0 Å². The summed E-state index contributed by atoms with van der Waals surface area (Å²) >= 11 is 0. The van der Waals surface area contributed by atoms with Crippen LogP contribution in [-0.4, -0.2) is 16.9 Å². The van der Waals surface area contributed by atoms with Gasteiger partial charge in [-0.2, -0.15) is 0 Å². The number of unbranched alkanes of at least 4 members (excludes halogenated alkanes) is 15. The van der Waals surface area contributed by atoms with Crippen LogP contribution in [0.2, 0.25) is 0 Å². The van der Waals surface area contributed by atoms with Crippen LogP contribution in [0.15, 0.2) is 0 Å². The van der Waals surface area contributed by atoms with E-state index < -0.39 is 5.97 Å². The third-order valence-corrected chi connectivity index (χ3v) is 5.16. The Morgan fingerprint density at radius 2 is 0.808 bits per heavy atom. The highest BCUT2D eigenvalue weighted by atomic mass is 16.4. The van der Waals surface area contributed by atoms with E-state index in [-0.39, 0.29) is 0 Å². The Morgan fingerprint density at radius 3 is 1.15 bits per heavy atom. The summed E-state index contributed by atoms with van der Waals surface area (Å²) in [5.41, 5.74) is 0. The van der Waals surface area contributed by atoms with E-state index in [4.69, 9.17) is 5.11 Å². The molecule has 0 spiro atoms. The molecule has 154 valence electrons. The Labute approximate surface area is 162 Å². The second-order valence-electron chi connectivity index (χ2n) is 7.84. The summed E-state index contributed by atoms with van der Waals surface area (Å²) in [6.45, 7) is 2.20. The van der Waals surface area contributed by atoms with Gasteiger partial charge in [-0.05, 0) is 19.3 Å². The van der Waals surface area contributed by atoms with Crippen molar-refractivity contribution in [3.8, 4) is 0 Å². The average molecular weight is 369 g/mol. The minimum atomic E-state index is -0.668. The zero-order valence-electron chi connectivity index (χ0n) is 17.4. The van der Waals surface area contributed by atoms with Crippen molar-refractivity contribution in [3.63, 3.8) is 0 Å². The van der Waals surface area contributed by atoms with Crippen LogP contribution in [0.1, 0.15) is 135 Å². The zero-order chi connectivity index (χ0) is 19.3. The van der Waals surface area contributed by atoms with Gasteiger partial charge >= 0.3 is 5.97 Å². The fourth-order valence-electron chi connectivity index (χ4n) is 3.42. The van der Waals surface area contributed by atoms with Gasteiger partial charge in [0.25, 0.3) is 0 Å². The maximum atomic E-state index is 11.7. The molecule has 26 heavy (non-hydrogen) atoms. The van der Waals surface area contributed by atoms with Crippen molar-refractivity contribution in [1.82, 2.24) is 0 Å². The maximum absolute atomic E-state index is 11.7. The summed E-state index contributed by atoms with van der Waals surface area (Å²) in [5, 5.41) is 8.56. The second-order valence-corrected chi connectivity index (χ2v) is 7.84. The number of carboxylic acid groups (broad SMARTS) is 1. The number of carboxylic acids is 1. The monoisotopic (exact) mass is 368 g/mol. The SMILES string of the molecule is CCCCCCC(=O)CCCCCCCCCCCCCCCC(=O)O. The van der Waals surface area contributed by atoms with Gasteiger partial charge in [0, 0.05) is 19.3 Å². The number of ketones is 1. The van der Waals surface area contributed by atoms with Crippen molar-refractivity contribution in [2.24, 2.45) is 0 Å². The normalized spacial score (nSPS) is 11.0. The van der Waals surface area contributed by atoms with E-state index in [1.807, 2.05) is 0 Å². The van der Waals surface area contributed by atoms with E-state index in [1.165, 1.54) is 83.5 Å². The van der Waals surface area contributed by atoms with Crippen LogP contribution in [0.5, 0.6) is 0 Å². The first-order chi connectivity index (χ1) is 12.7. The van der Waals surface area contributed by atoms with Crippen LogP contribution >= 0.6 is 0 Å².